The van der Waals surface area contributed by atoms with Crippen LogP contribution in [0.15, 0.2) is 36.0 Å². The van der Waals surface area contributed by atoms with Crippen molar-refractivity contribution in [3.63, 3.8) is 0 Å². The Kier molecular flexibility index (Phi) is 5.57. The molecule has 0 atom stereocenters. The smallest absolute Gasteiger partial charge is 0.264 e. The van der Waals surface area contributed by atoms with Crippen molar-refractivity contribution in [2.45, 2.75) is 26.3 Å². The highest BCUT2D eigenvalue weighted by Gasteiger charge is 2.39. The minimum atomic E-state index is 0.153. The molecule has 4 rings (SSSR count). The Morgan fingerprint density at radius 3 is 2.85 bits per heavy atom. The molecule has 2 fully saturated rings. The van der Waals surface area contributed by atoms with E-state index in [9.17, 15) is 4.79 Å². The highest BCUT2D eigenvalue weighted by atomic mass is 32.1. The van der Waals surface area contributed by atoms with Gasteiger partial charge in [0.2, 0.25) is 0 Å². The lowest BCUT2D eigenvalue weighted by Gasteiger charge is -2.42. The van der Waals surface area contributed by atoms with Crippen LogP contribution in [0.3, 0.4) is 0 Å². The molecule has 4 heterocycles. The van der Waals surface area contributed by atoms with Gasteiger partial charge in [-0.2, -0.15) is 0 Å². The number of ether oxygens (including phenoxy) is 1. The van der Waals surface area contributed by atoms with Crippen LogP contribution in [0, 0.1) is 12.3 Å². The number of carbonyl (C=O) groups is 1. The van der Waals surface area contributed by atoms with Gasteiger partial charge >= 0.3 is 0 Å². The summed E-state index contributed by atoms with van der Waals surface area (Å²) in [6.07, 6.45) is 5.78. The molecule has 2 aliphatic rings. The van der Waals surface area contributed by atoms with Gasteiger partial charge in [-0.25, -0.2) is 0 Å². The summed E-state index contributed by atoms with van der Waals surface area (Å²) in [6, 6.07) is 6.16. The van der Waals surface area contributed by atoms with Crippen LogP contribution in [0.1, 0.15) is 33.6 Å². The monoisotopic (exact) mass is 385 g/mol. The topological polar surface area (TPSA) is 45.7 Å². The minimum Gasteiger partial charge on any atom is -0.379 e. The number of amides is 1. The third kappa shape index (κ3) is 4.23. The fourth-order valence-corrected chi connectivity index (χ4v) is 5.08. The summed E-state index contributed by atoms with van der Waals surface area (Å²) in [4.78, 5) is 22.5. The quantitative estimate of drug-likeness (QED) is 0.814. The van der Waals surface area contributed by atoms with E-state index in [1.807, 2.05) is 41.7 Å². The maximum absolute atomic E-state index is 12.8. The molecule has 0 unspecified atom stereocenters. The summed E-state index contributed by atoms with van der Waals surface area (Å²) < 4.78 is 5.98. The fraction of sp³-hybridized carbons (Fsp3) is 0.524. The van der Waals surface area contributed by atoms with Gasteiger partial charge in [-0.1, -0.05) is 6.07 Å². The molecular weight excluding hydrogens is 358 g/mol. The molecule has 0 aromatic carbocycles. The molecule has 27 heavy (non-hydrogen) atoms. The molecule has 2 saturated heterocycles. The molecule has 0 saturated carbocycles. The Balaban J connectivity index is 1.40. The molecule has 0 bridgehead atoms. The lowest BCUT2D eigenvalue weighted by molar-refractivity contribution is 0.0146. The van der Waals surface area contributed by atoms with E-state index in [1.54, 1.807) is 11.3 Å². The number of aromatic nitrogens is 1. The molecule has 2 aromatic rings. The van der Waals surface area contributed by atoms with E-state index in [0.717, 1.165) is 69.2 Å². The zero-order chi connectivity index (χ0) is 18.7. The van der Waals surface area contributed by atoms with Crippen molar-refractivity contribution in [1.29, 1.82) is 0 Å². The average molecular weight is 386 g/mol. The zero-order valence-electron chi connectivity index (χ0n) is 15.9. The van der Waals surface area contributed by atoms with Crippen molar-refractivity contribution in [1.82, 2.24) is 14.8 Å². The minimum absolute atomic E-state index is 0.153. The maximum Gasteiger partial charge on any atom is 0.264 e. The number of hydrogen-bond acceptors (Lipinski definition) is 5. The normalized spacial score (nSPS) is 20.6. The summed E-state index contributed by atoms with van der Waals surface area (Å²) in [5, 5.41) is 2.00. The third-order valence-corrected chi connectivity index (χ3v) is 6.82. The van der Waals surface area contributed by atoms with Crippen molar-refractivity contribution in [3.05, 3.63) is 52.0 Å². The van der Waals surface area contributed by atoms with Gasteiger partial charge < -0.3 is 9.64 Å². The molecule has 2 aliphatic heterocycles. The molecule has 5 nitrogen and oxygen atoms in total. The van der Waals surface area contributed by atoms with Crippen molar-refractivity contribution in [2.75, 3.05) is 39.4 Å². The van der Waals surface area contributed by atoms with E-state index < -0.39 is 0 Å². The average Bonchev–Trinajstić information content (AvgIpc) is 3.02. The number of carbonyl (C=O) groups excluding carboxylic acids is 1. The van der Waals surface area contributed by atoms with E-state index in [0.29, 0.717) is 0 Å². The number of aryl methyl sites for hydroxylation is 1. The van der Waals surface area contributed by atoms with Crippen molar-refractivity contribution in [2.24, 2.45) is 5.41 Å². The Morgan fingerprint density at radius 1 is 1.30 bits per heavy atom. The number of hydrogen-bond donors (Lipinski definition) is 0. The van der Waals surface area contributed by atoms with E-state index >= 15 is 0 Å². The van der Waals surface area contributed by atoms with Crippen molar-refractivity contribution >= 4 is 17.2 Å². The van der Waals surface area contributed by atoms with Gasteiger partial charge in [0.05, 0.1) is 18.1 Å². The first-order valence-corrected chi connectivity index (χ1v) is 10.6. The molecular formula is C21H27N3O2S. The molecule has 1 spiro atoms. The van der Waals surface area contributed by atoms with Crippen LogP contribution in [0.4, 0.5) is 0 Å². The zero-order valence-corrected chi connectivity index (χ0v) is 16.7. The van der Waals surface area contributed by atoms with Crippen LogP contribution >= 0.6 is 11.3 Å². The Hall–Kier alpha value is -1.76. The van der Waals surface area contributed by atoms with E-state index in [2.05, 4.69) is 16.0 Å². The molecule has 6 heteroatoms. The Morgan fingerprint density at radius 2 is 2.15 bits per heavy atom. The van der Waals surface area contributed by atoms with Crippen LogP contribution in [-0.2, 0) is 11.3 Å². The first-order chi connectivity index (χ1) is 13.2. The number of piperidine rings is 1. The molecule has 0 radical (unpaired) electrons. The Labute approximate surface area is 165 Å². The lowest BCUT2D eigenvalue weighted by atomic mass is 9.78. The molecule has 2 aromatic heterocycles. The molecule has 0 N–H and O–H groups in total. The predicted octanol–water partition coefficient (Wildman–Crippen LogP) is 3.21. The number of pyridine rings is 1. The standard InChI is InChI=1S/C21H27N3O2S/c1-17-4-12-27-19(17)20(25)24-8-5-21(6-9-24)15-23(10-11-26-16-21)14-18-3-2-7-22-13-18/h2-4,7,12-13H,5-6,8-11,14-16H2,1H3. The molecule has 144 valence electrons. The summed E-state index contributed by atoms with van der Waals surface area (Å²) in [6.45, 7) is 8.13. The van der Waals surface area contributed by atoms with Crippen LogP contribution < -0.4 is 0 Å². The highest BCUT2D eigenvalue weighted by Crippen LogP contribution is 2.35. The van der Waals surface area contributed by atoms with Gasteiger partial charge in [0.25, 0.3) is 5.91 Å². The first-order valence-electron chi connectivity index (χ1n) is 9.68. The predicted molar refractivity (Wildman–Crippen MR) is 107 cm³/mol. The number of thiophene rings is 1. The molecule has 0 aliphatic carbocycles. The Bertz CT molecular complexity index is 769. The maximum atomic E-state index is 12.8. The van der Waals surface area contributed by atoms with Crippen molar-refractivity contribution < 1.29 is 9.53 Å². The van der Waals surface area contributed by atoms with Gasteiger partial charge in [-0.3, -0.25) is 14.7 Å². The van der Waals surface area contributed by atoms with Crippen LogP contribution in [0.25, 0.3) is 0 Å². The van der Waals surface area contributed by atoms with E-state index in [-0.39, 0.29) is 11.3 Å². The first kappa shape index (κ1) is 18.6. The van der Waals surface area contributed by atoms with E-state index in [1.165, 1.54) is 5.56 Å². The highest BCUT2D eigenvalue weighted by molar-refractivity contribution is 7.12. The third-order valence-electron chi connectivity index (χ3n) is 5.82. The summed E-state index contributed by atoms with van der Waals surface area (Å²) in [7, 11) is 0. The van der Waals surface area contributed by atoms with E-state index in [4.69, 9.17) is 4.74 Å². The summed E-state index contributed by atoms with van der Waals surface area (Å²) >= 11 is 1.55. The van der Waals surface area contributed by atoms with Crippen LogP contribution in [0.5, 0.6) is 0 Å². The van der Waals surface area contributed by atoms with Crippen molar-refractivity contribution in [3.8, 4) is 0 Å². The van der Waals surface area contributed by atoms with Crippen LogP contribution in [0.2, 0.25) is 0 Å². The van der Waals surface area contributed by atoms with Crippen LogP contribution in [-0.4, -0.2) is 60.1 Å². The second kappa shape index (κ2) is 8.09. The second-order valence-electron chi connectivity index (χ2n) is 7.85. The fourth-order valence-electron chi connectivity index (χ4n) is 4.19. The van der Waals surface area contributed by atoms with Gasteiger partial charge in [0, 0.05) is 50.5 Å². The molecule has 1 amide bonds. The SMILES string of the molecule is Cc1ccsc1C(=O)N1CCC2(CC1)COCCN(Cc1cccnc1)C2. The lowest BCUT2D eigenvalue weighted by Crippen LogP contribution is -2.48. The summed E-state index contributed by atoms with van der Waals surface area (Å²) in [5.74, 6) is 0.194. The van der Waals surface area contributed by atoms with Gasteiger partial charge in [-0.15, -0.1) is 11.3 Å². The number of rotatable bonds is 3. The second-order valence-corrected chi connectivity index (χ2v) is 8.77. The van der Waals surface area contributed by atoms with Gasteiger partial charge in [0.15, 0.2) is 0 Å². The largest absolute Gasteiger partial charge is 0.379 e. The van der Waals surface area contributed by atoms with Gasteiger partial charge in [-0.05, 0) is 48.4 Å². The summed E-state index contributed by atoms with van der Waals surface area (Å²) in [5.41, 5.74) is 2.49. The number of nitrogens with zero attached hydrogens (tertiary/aromatic N) is 3. The number of likely N-dealkylation sites (tertiary alicyclic amines) is 1. The van der Waals surface area contributed by atoms with Gasteiger partial charge in [0.1, 0.15) is 0 Å².